The molecular weight excluding hydrogens is 226 g/mol. The Morgan fingerprint density at radius 2 is 1.94 bits per heavy atom. The lowest BCUT2D eigenvalue weighted by Crippen LogP contribution is -2.36. The Hall–Kier alpha value is -1.51. The van der Waals surface area contributed by atoms with Crippen LogP contribution in [-0.2, 0) is 4.79 Å². The molecule has 0 spiro atoms. The van der Waals surface area contributed by atoms with Crippen LogP contribution < -0.4 is 10.1 Å². The molecule has 3 heteroatoms. The van der Waals surface area contributed by atoms with Gasteiger partial charge < -0.3 is 10.1 Å². The number of carbonyl (C=O) groups is 1. The molecule has 1 N–H and O–H groups in total. The Balaban J connectivity index is 2.33. The molecule has 1 atom stereocenters. The van der Waals surface area contributed by atoms with E-state index >= 15 is 0 Å². The average molecular weight is 249 g/mol. The van der Waals surface area contributed by atoms with Gasteiger partial charge in [0.15, 0.2) is 6.10 Å². The monoisotopic (exact) mass is 249 g/mol. The highest BCUT2D eigenvalue weighted by Gasteiger charge is 2.13. The number of benzene rings is 1. The summed E-state index contributed by atoms with van der Waals surface area (Å²) in [5.41, 5.74) is 1.18. The number of hydrogen-bond donors (Lipinski definition) is 1. The van der Waals surface area contributed by atoms with Gasteiger partial charge in [-0.3, -0.25) is 4.79 Å². The Kier molecular flexibility index (Phi) is 6.26. The summed E-state index contributed by atoms with van der Waals surface area (Å²) in [6.45, 7) is 6.67. The number of aryl methyl sites for hydroxylation is 1. The van der Waals surface area contributed by atoms with Gasteiger partial charge in [0.25, 0.3) is 5.91 Å². The minimum atomic E-state index is -0.450. The van der Waals surface area contributed by atoms with Gasteiger partial charge in [0.2, 0.25) is 0 Å². The molecule has 0 radical (unpaired) electrons. The van der Waals surface area contributed by atoms with E-state index in [1.165, 1.54) is 5.56 Å². The van der Waals surface area contributed by atoms with Crippen LogP contribution in [0.15, 0.2) is 24.3 Å². The van der Waals surface area contributed by atoms with Crippen molar-refractivity contribution in [2.45, 2.75) is 46.1 Å². The molecular formula is C15H23NO2. The molecule has 0 aliphatic heterocycles. The topological polar surface area (TPSA) is 38.3 Å². The quantitative estimate of drug-likeness (QED) is 0.754. The van der Waals surface area contributed by atoms with Crippen molar-refractivity contribution in [1.82, 2.24) is 5.32 Å². The molecule has 0 saturated carbocycles. The first kappa shape index (κ1) is 14.6. The minimum absolute atomic E-state index is 0.0494. The lowest BCUT2D eigenvalue weighted by atomic mass is 10.2. The Labute approximate surface area is 110 Å². The smallest absolute Gasteiger partial charge is 0.260 e. The molecule has 3 nitrogen and oxygen atoms in total. The van der Waals surface area contributed by atoms with Crippen molar-refractivity contribution in [3.8, 4) is 5.75 Å². The van der Waals surface area contributed by atoms with Gasteiger partial charge in [-0.2, -0.15) is 0 Å². The molecule has 0 aliphatic rings. The van der Waals surface area contributed by atoms with E-state index in [0.717, 1.165) is 31.6 Å². The fraction of sp³-hybridized carbons (Fsp3) is 0.533. The van der Waals surface area contributed by atoms with Crippen LogP contribution >= 0.6 is 0 Å². The van der Waals surface area contributed by atoms with Crippen LogP contribution in [0, 0.1) is 6.92 Å². The largest absolute Gasteiger partial charge is 0.481 e. The Morgan fingerprint density at radius 1 is 1.28 bits per heavy atom. The van der Waals surface area contributed by atoms with Crippen LogP contribution in [0.2, 0.25) is 0 Å². The SMILES string of the molecule is CCCCCNC(=O)C(C)Oc1ccc(C)cc1. The van der Waals surface area contributed by atoms with Crippen molar-refractivity contribution in [3.05, 3.63) is 29.8 Å². The number of unbranched alkanes of at least 4 members (excludes halogenated alkanes) is 2. The van der Waals surface area contributed by atoms with Crippen molar-refractivity contribution < 1.29 is 9.53 Å². The van der Waals surface area contributed by atoms with Gasteiger partial charge in [0, 0.05) is 6.54 Å². The van der Waals surface area contributed by atoms with Crippen LogP contribution in [0.3, 0.4) is 0 Å². The highest BCUT2D eigenvalue weighted by atomic mass is 16.5. The average Bonchev–Trinajstić information content (AvgIpc) is 2.37. The molecule has 18 heavy (non-hydrogen) atoms. The molecule has 0 aromatic heterocycles. The standard InChI is InChI=1S/C15H23NO2/c1-4-5-6-11-16-15(17)13(3)18-14-9-7-12(2)8-10-14/h7-10,13H,4-6,11H2,1-3H3,(H,16,17). The molecule has 1 aromatic carbocycles. The van der Waals surface area contributed by atoms with Crippen LogP contribution in [0.4, 0.5) is 0 Å². The number of hydrogen-bond acceptors (Lipinski definition) is 2. The van der Waals surface area contributed by atoms with Crippen molar-refractivity contribution in [1.29, 1.82) is 0 Å². The predicted octanol–water partition coefficient (Wildman–Crippen LogP) is 3.07. The van der Waals surface area contributed by atoms with E-state index in [9.17, 15) is 4.79 Å². The summed E-state index contributed by atoms with van der Waals surface area (Å²) in [7, 11) is 0. The third-order valence-corrected chi connectivity index (χ3v) is 2.78. The maximum atomic E-state index is 11.7. The first-order valence-corrected chi connectivity index (χ1v) is 6.64. The molecule has 0 saturated heterocycles. The van der Waals surface area contributed by atoms with Gasteiger partial charge in [-0.1, -0.05) is 37.5 Å². The van der Waals surface area contributed by atoms with Gasteiger partial charge in [0.1, 0.15) is 5.75 Å². The Morgan fingerprint density at radius 3 is 2.56 bits per heavy atom. The van der Waals surface area contributed by atoms with Crippen LogP contribution in [0.5, 0.6) is 5.75 Å². The summed E-state index contributed by atoms with van der Waals surface area (Å²) in [5.74, 6) is 0.684. The molecule has 1 unspecified atom stereocenters. The number of nitrogens with one attached hydrogen (secondary N) is 1. The van der Waals surface area contributed by atoms with Gasteiger partial charge in [-0.15, -0.1) is 0 Å². The lowest BCUT2D eigenvalue weighted by molar-refractivity contribution is -0.127. The maximum Gasteiger partial charge on any atom is 0.260 e. The predicted molar refractivity (Wildman–Crippen MR) is 73.8 cm³/mol. The summed E-state index contributed by atoms with van der Waals surface area (Å²) >= 11 is 0. The second-order valence-electron chi connectivity index (χ2n) is 4.57. The fourth-order valence-corrected chi connectivity index (χ4v) is 1.60. The van der Waals surface area contributed by atoms with Crippen molar-refractivity contribution in [2.75, 3.05) is 6.54 Å². The fourth-order valence-electron chi connectivity index (χ4n) is 1.60. The number of carbonyl (C=O) groups excluding carboxylic acids is 1. The first-order valence-electron chi connectivity index (χ1n) is 6.64. The first-order chi connectivity index (χ1) is 8.63. The third kappa shape index (κ3) is 5.21. The van der Waals surface area contributed by atoms with E-state index in [0.29, 0.717) is 0 Å². The summed E-state index contributed by atoms with van der Waals surface area (Å²) in [6, 6.07) is 7.72. The molecule has 100 valence electrons. The van der Waals surface area contributed by atoms with Gasteiger partial charge in [0.05, 0.1) is 0 Å². The molecule has 0 heterocycles. The van der Waals surface area contributed by atoms with Gasteiger partial charge >= 0.3 is 0 Å². The van der Waals surface area contributed by atoms with Crippen molar-refractivity contribution >= 4 is 5.91 Å². The third-order valence-electron chi connectivity index (χ3n) is 2.78. The highest BCUT2D eigenvalue weighted by molar-refractivity contribution is 5.80. The number of rotatable bonds is 7. The van der Waals surface area contributed by atoms with E-state index in [4.69, 9.17) is 4.74 Å². The second-order valence-corrected chi connectivity index (χ2v) is 4.57. The van der Waals surface area contributed by atoms with Crippen LogP contribution in [0.25, 0.3) is 0 Å². The minimum Gasteiger partial charge on any atom is -0.481 e. The van der Waals surface area contributed by atoms with E-state index < -0.39 is 6.10 Å². The van der Waals surface area contributed by atoms with E-state index in [2.05, 4.69) is 12.2 Å². The van der Waals surface area contributed by atoms with Crippen molar-refractivity contribution in [3.63, 3.8) is 0 Å². The molecule has 0 aliphatic carbocycles. The zero-order valence-electron chi connectivity index (χ0n) is 11.5. The molecule has 0 fully saturated rings. The van der Waals surface area contributed by atoms with Gasteiger partial charge in [-0.05, 0) is 32.4 Å². The zero-order valence-corrected chi connectivity index (χ0v) is 11.5. The highest BCUT2D eigenvalue weighted by Crippen LogP contribution is 2.13. The molecule has 0 bridgehead atoms. The lowest BCUT2D eigenvalue weighted by Gasteiger charge is -2.14. The van der Waals surface area contributed by atoms with E-state index in [1.807, 2.05) is 31.2 Å². The summed E-state index contributed by atoms with van der Waals surface area (Å²) in [6.07, 6.45) is 2.88. The van der Waals surface area contributed by atoms with E-state index in [1.54, 1.807) is 6.92 Å². The second kappa shape index (κ2) is 7.75. The summed E-state index contributed by atoms with van der Waals surface area (Å²) in [4.78, 5) is 11.7. The zero-order chi connectivity index (χ0) is 13.4. The molecule has 1 amide bonds. The van der Waals surface area contributed by atoms with Crippen LogP contribution in [-0.4, -0.2) is 18.6 Å². The van der Waals surface area contributed by atoms with Crippen LogP contribution in [0.1, 0.15) is 38.7 Å². The number of ether oxygens (including phenoxy) is 1. The maximum absolute atomic E-state index is 11.7. The van der Waals surface area contributed by atoms with E-state index in [-0.39, 0.29) is 5.91 Å². The summed E-state index contributed by atoms with van der Waals surface area (Å²) < 4.78 is 5.58. The Bertz CT molecular complexity index is 359. The molecule has 1 aromatic rings. The normalized spacial score (nSPS) is 11.9. The van der Waals surface area contributed by atoms with Crippen molar-refractivity contribution in [2.24, 2.45) is 0 Å². The van der Waals surface area contributed by atoms with Gasteiger partial charge in [-0.25, -0.2) is 0 Å². The number of amides is 1. The summed E-state index contributed by atoms with van der Waals surface area (Å²) in [5, 5.41) is 2.88. The molecule has 1 rings (SSSR count).